The van der Waals surface area contributed by atoms with Gasteiger partial charge in [-0.15, -0.1) is 0 Å². The van der Waals surface area contributed by atoms with Crippen molar-refractivity contribution in [1.82, 2.24) is 4.98 Å². The number of carbonyl (C=O) groups excluding carboxylic acids is 1. The van der Waals surface area contributed by atoms with Gasteiger partial charge in [0, 0.05) is 6.20 Å². The third-order valence-electron chi connectivity index (χ3n) is 2.44. The number of nitrogens with one attached hydrogen (secondary N) is 1. The van der Waals surface area contributed by atoms with Crippen molar-refractivity contribution in [2.75, 3.05) is 5.32 Å². The zero-order valence-electron chi connectivity index (χ0n) is 9.58. The number of rotatable bonds is 2. The van der Waals surface area contributed by atoms with Crippen LogP contribution in [-0.4, -0.2) is 10.9 Å². The van der Waals surface area contributed by atoms with Crippen LogP contribution in [-0.2, 0) is 0 Å². The summed E-state index contributed by atoms with van der Waals surface area (Å²) in [5, 5.41) is 2.66. The standard InChI is InChI=1S/C13H10ClFN2O/c1-8-11(6-3-7-16-8)17-13(18)12-9(14)4-2-5-10(12)15/h2-7H,1H3,(H,17,18). The number of amides is 1. The molecule has 0 aliphatic heterocycles. The Balaban J connectivity index is 2.31. The maximum atomic E-state index is 13.5. The molecule has 0 aliphatic rings. The summed E-state index contributed by atoms with van der Waals surface area (Å²) in [5.74, 6) is -1.24. The van der Waals surface area contributed by atoms with Crippen molar-refractivity contribution in [3.8, 4) is 0 Å². The lowest BCUT2D eigenvalue weighted by atomic mass is 10.2. The monoisotopic (exact) mass is 264 g/mol. The van der Waals surface area contributed by atoms with Gasteiger partial charge in [0.05, 0.1) is 22.0 Å². The van der Waals surface area contributed by atoms with Crippen LogP contribution >= 0.6 is 11.6 Å². The number of carbonyl (C=O) groups is 1. The second kappa shape index (κ2) is 5.14. The number of anilines is 1. The minimum Gasteiger partial charge on any atom is -0.320 e. The molecule has 1 aromatic heterocycles. The summed E-state index contributed by atoms with van der Waals surface area (Å²) in [4.78, 5) is 16.0. The average molecular weight is 265 g/mol. The summed E-state index contributed by atoms with van der Waals surface area (Å²) in [5.41, 5.74) is 1.02. The third kappa shape index (κ3) is 2.49. The topological polar surface area (TPSA) is 42.0 Å². The number of halogens is 2. The average Bonchev–Trinajstić information content (AvgIpc) is 2.32. The molecule has 0 radical (unpaired) electrons. The van der Waals surface area contributed by atoms with Crippen LogP contribution in [0.3, 0.4) is 0 Å². The molecule has 0 unspecified atom stereocenters. The maximum Gasteiger partial charge on any atom is 0.260 e. The molecule has 92 valence electrons. The summed E-state index contributed by atoms with van der Waals surface area (Å²) >= 11 is 5.81. The predicted molar refractivity (Wildman–Crippen MR) is 68.3 cm³/mol. The fraction of sp³-hybridized carbons (Fsp3) is 0.0769. The van der Waals surface area contributed by atoms with Gasteiger partial charge in [0.2, 0.25) is 0 Å². The van der Waals surface area contributed by atoms with Crippen molar-refractivity contribution in [2.45, 2.75) is 6.92 Å². The second-order valence-electron chi connectivity index (χ2n) is 3.69. The van der Waals surface area contributed by atoms with Crippen molar-refractivity contribution in [1.29, 1.82) is 0 Å². The minimum atomic E-state index is -0.651. The van der Waals surface area contributed by atoms with E-state index in [1.54, 1.807) is 25.3 Å². The van der Waals surface area contributed by atoms with Crippen LogP contribution in [0.2, 0.25) is 5.02 Å². The smallest absolute Gasteiger partial charge is 0.260 e. The van der Waals surface area contributed by atoms with Crippen LogP contribution in [0.25, 0.3) is 0 Å². The summed E-state index contributed by atoms with van der Waals surface area (Å²) in [6.45, 7) is 1.75. The Labute approximate surface area is 109 Å². The Morgan fingerprint density at radius 1 is 1.33 bits per heavy atom. The van der Waals surface area contributed by atoms with Crippen molar-refractivity contribution in [2.24, 2.45) is 0 Å². The van der Waals surface area contributed by atoms with Crippen molar-refractivity contribution in [3.05, 3.63) is 58.6 Å². The fourth-order valence-corrected chi connectivity index (χ4v) is 1.76. The van der Waals surface area contributed by atoms with Crippen LogP contribution in [0.15, 0.2) is 36.5 Å². The van der Waals surface area contributed by atoms with Crippen LogP contribution in [0.4, 0.5) is 10.1 Å². The molecule has 5 heteroatoms. The molecule has 3 nitrogen and oxygen atoms in total. The molecule has 1 heterocycles. The van der Waals surface area contributed by atoms with Crippen LogP contribution in [0, 0.1) is 12.7 Å². The van der Waals surface area contributed by atoms with E-state index in [1.807, 2.05) is 0 Å². The number of hydrogen-bond donors (Lipinski definition) is 1. The predicted octanol–water partition coefficient (Wildman–Crippen LogP) is 3.43. The molecular formula is C13H10ClFN2O. The van der Waals surface area contributed by atoms with Gasteiger partial charge in [0.1, 0.15) is 5.82 Å². The van der Waals surface area contributed by atoms with Gasteiger partial charge in [-0.25, -0.2) is 4.39 Å². The number of nitrogens with zero attached hydrogens (tertiary/aromatic N) is 1. The molecule has 0 fully saturated rings. The van der Waals surface area contributed by atoms with Crippen molar-refractivity contribution < 1.29 is 9.18 Å². The van der Waals surface area contributed by atoms with E-state index in [-0.39, 0.29) is 10.6 Å². The molecule has 2 rings (SSSR count). The van der Waals surface area contributed by atoms with Gasteiger partial charge < -0.3 is 5.32 Å². The van der Waals surface area contributed by atoms with E-state index in [4.69, 9.17) is 11.6 Å². The molecule has 0 aliphatic carbocycles. The molecule has 0 saturated heterocycles. The second-order valence-corrected chi connectivity index (χ2v) is 4.09. The van der Waals surface area contributed by atoms with Crippen molar-refractivity contribution >= 4 is 23.2 Å². The first kappa shape index (κ1) is 12.5. The number of pyridine rings is 1. The lowest BCUT2D eigenvalue weighted by Crippen LogP contribution is -2.15. The van der Waals surface area contributed by atoms with Crippen LogP contribution < -0.4 is 5.32 Å². The quantitative estimate of drug-likeness (QED) is 0.903. The van der Waals surface area contributed by atoms with E-state index >= 15 is 0 Å². The van der Waals surface area contributed by atoms with Crippen LogP contribution in [0.5, 0.6) is 0 Å². The first-order chi connectivity index (χ1) is 8.59. The Kier molecular flexibility index (Phi) is 3.58. The van der Waals surface area contributed by atoms with Gasteiger partial charge in [0.25, 0.3) is 5.91 Å². The maximum absolute atomic E-state index is 13.5. The first-order valence-electron chi connectivity index (χ1n) is 5.26. The highest BCUT2D eigenvalue weighted by Gasteiger charge is 2.16. The van der Waals surface area contributed by atoms with Gasteiger partial charge in [-0.2, -0.15) is 0 Å². The van der Waals surface area contributed by atoms with E-state index < -0.39 is 11.7 Å². The van der Waals surface area contributed by atoms with E-state index in [0.29, 0.717) is 11.4 Å². The summed E-state index contributed by atoms with van der Waals surface area (Å²) in [7, 11) is 0. The lowest BCUT2D eigenvalue weighted by molar-refractivity contribution is 0.102. The molecule has 2 aromatic rings. The molecule has 18 heavy (non-hydrogen) atoms. The molecule has 0 atom stereocenters. The number of aryl methyl sites for hydroxylation is 1. The Bertz CT molecular complexity index is 581. The molecule has 1 N–H and O–H groups in total. The Hall–Kier alpha value is -1.94. The van der Waals surface area contributed by atoms with E-state index in [9.17, 15) is 9.18 Å². The molecular weight excluding hydrogens is 255 g/mol. The SMILES string of the molecule is Cc1ncccc1NC(=O)c1c(F)cccc1Cl. The molecule has 1 aromatic carbocycles. The Morgan fingerprint density at radius 2 is 2.11 bits per heavy atom. The zero-order valence-corrected chi connectivity index (χ0v) is 10.3. The lowest BCUT2D eigenvalue weighted by Gasteiger charge is -2.09. The van der Waals surface area contributed by atoms with Gasteiger partial charge in [-0.1, -0.05) is 17.7 Å². The Morgan fingerprint density at radius 3 is 2.78 bits per heavy atom. The minimum absolute atomic E-state index is 0.0778. The summed E-state index contributed by atoms with van der Waals surface area (Å²) < 4.78 is 13.5. The van der Waals surface area contributed by atoms with Gasteiger partial charge >= 0.3 is 0 Å². The first-order valence-corrected chi connectivity index (χ1v) is 5.64. The number of benzene rings is 1. The highest BCUT2D eigenvalue weighted by molar-refractivity contribution is 6.34. The van der Waals surface area contributed by atoms with Crippen LogP contribution in [0.1, 0.15) is 16.1 Å². The molecule has 0 saturated carbocycles. The van der Waals surface area contributed by atoms with E-state index in [1.165, 1.54) is 18.2 Å². The number of aromatic nitrogens is 1. The normalized spacial score (nSPS) is 10.2. The highest BCUT2D eigenvalue weighted by atomic mass is 35.5. The fourth-order valence-electron chi connectivity index (χ4n) is 1.52. The van der Waals surface area contributed by atoms with Gasteiger partial charge in [-0.05, 0) is 31.2 Å². The highest BCUT2D eigenvalue weighted by Crippen LogP contribution is 2.21. The van der Waals surface area contributed by atoms with E-state index in [2.05, 4.69) is 10.3 Å². The van der Waals surface area contributed by atoms with E-state index in [0.717, 1.165) is 0 Å². The molecule has 1 amide bonds. The summed E-state index contributed by atoms with van der Waals surface area (Å²) in [6.07, 6.45) is 1.61. The largest absolute Gasteiger partial charge is 0.320 e. The van der Waals surface area contributed by atoms with Gasteiger partial charge in [0.15, 0.2) is 0 Å². The van der Waals surface area contributed by atoms with Crippen molar-refractivity contribution in [3.63, 3.8) is 0 Å². The molecule has 0 spiro atoms. The third-order valence-corrected chi connectivity index (χ3v) is 2.76. The van der Waals surface area contributed by atoms with Gasteiger partial charge in [-0.3, -0.25) is 9.78 Å². The summed E-state index contributed by atoms with van der Waals surface area (Å²) in [6, 6.07) is 7.48. The number of hydrogen-bond acceptors (Lipinski definition) is 2. The molecule has 0 bridgehead atoms. The zero-order chi connectivity index (χ0) is 13.1.